The number of nitrogens with zero attached hydrogens (tertiary/aromatic N) is 1. The Morgan fingerprint density at radius 1 is 1.38 bits per heavy atom. The van der Waals surface area contributed by atoms with E-state index < -0.39 is 10.0 Å². The fourth-order valence-electron chi connectivity index (χ4n) is 1.66. The minimum Gasteiger partial charge on any atom is -0.389 e. The third kappa shape index (κ3) is 3.49. The molecule has 21 heavy (non-hydrogen) atoms. The molecular weight excluding hydrogens is 330 g/mol. The highest BCUT2D eigenvalue weighted by molar-refractivity contribution is 7.92. The zero-order valence-electron chi connectivity index (χ0n) is 11.0. The molecule has 0 fully saturated rings. The molecular formula is C13H12ClN3O2S2. The SMILES string of the molecule is Cc1ncccc1NS(=O)(=O)c1ccc(C(N)=S)c(Cl)c1. The Morgan fingerprint density at radius 2 is 2.10 bits per heavy atom. The van der Waals surface area contributed by atoms with E-state index >= 15 is 0 Å². The molecule has 0 saturated carbocycles. The smallest absolute Gasteiger partial charge is 0.262 e. The van der Waals surface area contributed by atoms with Crippen LogP contribution < -0.4 is 10.5 Å². The molecule has 0 aliphatic carbocycles. The van der Waals surface area contributed by atoms with E-state index in [-0.39, 0.29) is 14.9 Å². The van der Waals surface area contributed by atoms with Gasteiger partial charge in [0, 0.05) is 11.8 Å². The molecule has 5 nitrogen and oxygen atoms in total. The van der Waals surface area contributed by atoms with Crippen molar-refractivity contribution < 1.29 is 8.42 Å². The number of pyridine rings is 1. The van der Waals surface area contributed by atoms with Crippen LogP contribution in [0.2, 0.25) is 5.02 Å². The van der Waals surface area contributed by atoms with Crippen LogP contribution >= 0.6 is 23.8 Å². The maximum Gasteiger partial charge on any atom is 0.262 e. The summed E-state index contributed by atoms with van der Waals surface area (Å²) in [4.78, 5) is 4.16. The van der Waals surface area contributed by atoms with Crippen molar-refractivity contribution >= 4 is 44.5 Å². The van der Waals surface area contributed by atoms with E-state index in [1.807, 2.05) is 0 Å². The van der Waals surface area contributed by atoms with Crippen molar-refractivity contribution in [1.82, 2.24) is 4.98 Å². The second kappa shape index (κ2) is 5.97. The molecule has 0 spiro atoms. The van der Waals surface area contributed by atoms with Gasteiger partial charge in [-0.15, -0.1) is 0 Å². The number of benzene rings is 1. The number of hydrogen-bond donors (Lipinski definition) is 2. The fraction of sp³-hybridized carbons (Fsp3) is 0.0769. The molecule has 2 aromatic rings. The maximum absolute atomic E-state index is 12.3. The van der Waals surface area contributed by atoms with Crippen LogP contribution in [0.25, 0.3) is 0 Å². The summed E-state index contributed by atoms with van der Waals surface area (Å²) in [6.07, 6.45) is 1.58. The van der Waals surface area contributed by atoms with E-state index in [1.54, 1.807) is 25.3 Å². The first kappa shape index (κ1) is 15.7. The minimum absolute atomic E-state index is 0.0238. The Hall–Kier alpha value is -1.70. The molecule has 0 radical (unpaired) electrons. The van der Waals surface area contributed by atoms with Crippen LogP contribution in [0.15, 0.2) is 41.4 Å². The average Bonchev–Trinajstić information content (AvgIpc) is 2.40. The normalized spacial score (nSPS) is 11.1. The molecule has 0 aliphatic heterocycles. The van der Waals surface area contributed by atoms with Crippen molar-refractivity contribution in [2.24, 2.45) is 5.73 Å². The molecule has 1 aromatic carbocycles. The number of nitrogens with two attached hydrogens (primary N) is 1. The number of nitrogens with one attached hydrogen (secondary N) is 1. The van der Waals surface area contributed by atoms with Crippen molar-refractivity contribution in [2.75, 3.05) is 4.72 Å². The molecule has 8 heteroatoms. The minimum atomic E-state index is -3.76. The molecule has 110 valence electrons. The lowest BCUT2D eigenvalue weighted by molar-refractivity contribution is 0.601. The van der Waals surface area contributed by atoms with Gasteiger partial charge in [0.25, 0.3) is 10.0 Å². The van der Waals surface area contributed by atoms with Crippen LogP contribution in [-0.2, 0) is 10.0 Å². The second-order valence-electron chi connectivity index (χ2n) is 4.25. The first-order valence-electron chi connectivity index (χ1n) is 5.85. The van der Waals surface area contributed by atoms with Crippen LogP contribution in [0.1, 0.15) is 11.3 Å². The Kier molecular flexibility index (Phi) is 4.46. The third-order valence-electron chi connectivity index (χ3n) is 2.77. The van der Waals surface area contributed by atoms with Gasteiger partial charge in [0.05, 0.1) is 21.3 Å². The summed E-state index contributed by atoms with van der Waals surface area (Å²) < 4.78 is 27.1. The standard InChI is InChI=1S/C13H12ClN3O2S2/c1-8-12(3-2-6-16-8)17-21(18,19)9-4-5-10(13(15)20)11(14)7-9/h2-7,17H,1H3,(H2,15,20). The summed E-state index contributed by atoms with van der Waals surface area (Å²) >= 11 is 10.8. The number of hydrogen-bond acceptors (Lipinski definition) is 4. The zero-order valence-corrected chi connectivity index (χ0v) is 13.4. The van der Waals surface area contributed by atoms with Crippen molar-refractivity contribution in [1.29, 1.82) is 0 Å². The van der Waals surface area contributed by atoms with Gasteiger partial charge in [-0.05, 0) is 37.3 Å². The molecule has 1 heterocycles. The van der Waals surface area contributed by atoms with Crippen molar-refractivity contribution in [3.8, 4) is 0 Å². The summed E-state index contributed by atoms with van der Waals surface area (Å²) in [5.41, 5.74) is 6.91. The number of rotatable bonds is 4. The molecule has 0 amide bonds. The average molecular weight is 342 g/mol. The van der Waals surface area contributed by atoms with E-state index in [9.17, 15) is 8.42 Å². The highest BCUT2D eigenvalue weighted by atomic mass is 35.5. The predicted molar refractivity (Wildman–Crippen MR) is 87.1 cm³/mol. The Morgan fingerprint density at radius 3 is 2.67 bits per heavy atom. The van der Waals surface area contributed by atoms with Gasteiger partial charge in [-0.3, -0.25) is 9.71 Å². The van der Waals surface area contributed by atoms with E-state index in [0.717, 1.165) is 0 Å². The van der Waals surface area contributed by atoms with Crippen LogP contribution in [0.3, 0.4) is 0 Å². The largest absolute Gasteiger partial charge is 0.389 e. The van der Waals surface area contributed by atoms with Crippen LogP contribution in [0.5, 0.6) is 0 Å². The predicted octanol–water partition coefficient (Wildman–Crippen LogP) is 2.48. The molecule has 3 N–H and O–H groups in total. The number of halogens is 1. The second-order valence-corrected chi connectivity index (χ2v) is 6.78. The first-order valence-corrected chi connectivity index (χ1v) is 8.12. The molecule has 1 aromatic heterocycles. The van der Waals surface area contributed by atoms with Crippen LogP contribution in [0.4, 0.5) is 5.69 Å². The van der Waals surface area contributed by atoms with Gasteiger partial charge < -0.3 is 5.73 Å². The monoisotopic (exact) mass is 341 g/mol. The van der Waals surface area contributed by atoms with Gasteiger partial charge in [-0.25, -0.2) is 8.42 Å². The lowest BCUT2D eigenvalue weighted by Gasteiger charge is -2.11. The molecule has 0 unspecified atom stereocenters. The van der Waals surface area contributed by atoms with Gasteiger partial charge >= 0.3 is 0 Å². The van der Waals surface area contributed by atoms with E-state index in [0.29, 0.717) is 16.9 Å². The van der Waals surface area contributed by atoms with Gasteiger partial charge in [0.15, 0.2) is 0 Å². The Labute approximate surface area is 133 Å². The summed E-state index contributed by atoms with van der Waals surface area (Å²) in [6, 6.07) is 7.46. The van der Waals surface area contributed by atoms with Gasteiger partial charge in [0.2, 0.25) is 0 Å². The number of sulfonamides is 1. The van der Waals surface area contributed by atoms with E-state index in [4.69, 9.17) is 29.6 Å². The van der Waals surface area contributed by atoms with Gasteiger partial charge in [-0.1, -0.05) is 23.8 Å². The van der Waals surface area contributed by atoms with Gasteiger partial charge in [-0.2, -0.15) is 0 Å². The Bertz CT molecular complexity index is 807. The summed E-state index contributed by atoms with van der Waals surface area (Å²) in [5.74, 6) is 0. The summed E-state index contributed by atoms with van der Waals surface area (Å²) in [6.45, 7) is 1.71. The van der Waals surface area contributed by atoms with Crippen molar-refractivity contribution in [3.63, 3.8) is 0 Å². The fourth-order valence-corrected chi connectivity index (χ4v) is 3.38. The molecule has 0 atom stereocenters. The van der Waals surface area contributed by atoms with E-state index in [2.05, 4.69) is 9.71 Å². The number of anilines is 1. The third-order valence-corrected chi connectivity index (χ3v) is 4.66. The quantitative estimate of drug-likeness (QED) is 0.834. The lowest BCUT2D eigenvalue weighted by atomic mass is 10.2. The molecule has 0 saturated heterocycles. The number of aryl methyl sites for hydroxylation is 1. The highest BCUT2D eigenvalue weighted by Crippen LogP contribution is 2.23. The Balaban J connectivity index is 2.39. The van der Waals surface area contributed by atoms with Crippen LogP contribution in [0, 0.1) is 6.92 Å². The van der Waals surface area contributed by atoms with Crippen molar-refractivity contribution in [3.05, 3.63) is 52.8 Å². The summed E-state index contributed by atoms with van der Waals surface area (Å²) in [5, 5.41) is 0.188. The molecule has 2 rings (SSSR count). The molecule has 0 aliphatic rings. The first-order chi connectivity index (χ1) is 9.81. The van der Waals surface area contributed by atoms with E-state index in [1.165, 1.54) is 18.2 Å². The topological polar surface area (TPSA) is 85.1 Å². The maximum atomic E-state index is 12.3. The number of thiocarbonyl (C=S) groups is 1. The zero-order chi connectivity index (χ0) is 15.6. The summed E-state index contributed by atoms with van der Waals surface area (Å²) in [7, 11) is -3.76. The lowest BCUT2D eigenvalue weighted by Crippen LogP contribution is -2.15. The highest BCUT2D eigenvalue weighted by Gasteiger charge is 2.17. The van der Waals surface area contributed by atoms with Crippen molar-refractivity contribution in [2.45, 2.75) is 11.8 Å². The number of aromatic nitrogens is 1. The van der Waals surface area contributed by atoms with Gasteiger partial charge in [0.1, 0.15) is 4.99 Å². The molecule has 0 bridgehead atoms. The van der Waals surface area contributed by atoms with Crippen LogP contribution in [-0.4, -0.2) is 18.4 Å².